The summed E-state index contributed by atoms with van der Waals surface area (Å²) in [5.41, 5.74) is 6.89. The first-order valence-corrected chi connectivity index (χ1v) is 8.69. The number of fused-ring (bicyclic) bond motifs is 2. The van der Waals surface area contributed by atoms with Crippen LogP contribution in [0.15, 0.2) is 24.3 Å². The summed E-state index contributed by atoms with van der Waals surface area (Å²) >= 11 is 0. The van der Waals surface area contributed by atoms with Gasteiger partial charge in [-0.1, -0.05) is 12.1 Å². The molecule has 4 rings (SSSR count). The molecule has 1 saturated heterocycles. The fourth-order valence-corrected chi connectivity index (χ4v) is 4.28. The van der Waals surface area contributed by atoms with Gasteiger partial charge in [0.05, 0.1) is 5.69 Å². The molecule has 2 fully saturated rings. The lowest BCUT2D eigenvalue weighted by molar-refractivity contribution is -0.130. The Kier molecular flexibility index (Phi) is 5.20. The molecular weight excluding hydrogens is 342 g/mol. The molecule has 1 aromatic rings. The van der Waals surface area contributed by atoms with Crippen molar-refractivity contribution in [1.82, 2.24) is 4.90 Å². The molecule has 0 aromatic heterocycles. The summed E-state index contributed by atoms with van der Waals surface area (Å²) in [6.45, 7) is 2.03. The topological polar surface area (TPSA) is 75.9 Å². The second-order valence-corrected chi connectivity index (χ2v) is 7.02. The molecular formula is C18H24ClN3O3. The molecule has 7 heteroatoms. The van der Waals surface area contributed by atoms with E-state index < -0.39 is 0 Å². The zero-order chi connectivity index (χ0) is 16.7. The molecule has 0 spiro atoms. The Morgan fingerprint density at radius 3 is 2.84 bits per heavy atom. The lowest BCUT2D eigenvalue weighted by Crippen LogP contribution is -2.41. The van der Waals surface area contributed by atoms with E-state index in [4.69, 9.17) is 10.5 Å². The Bertz CT molecular complexity index is 669. The number of carbonyl (C=O) groups is 2. The first-order valence-electron chi connectivity index (χ1n) is 8.69. The molecule has 3 unspecified atom stereocenters. The van der Waals surface area contributed by atoms with E-state index in [-0.39, 0.29) is 36.9 Å². The maximum atomic E-state index is 12.6. The van der Waals surface area contributed by atoms with E-state index in [1.54, 1.807) is 4.90 Å². The van der Waals surface area contributed by atoms with Gasteiger partial charge in [-0.05, 0) is 36.8 Å². The van der Waals surface area contributed by atoms with E-state index in [2.05, 4.69) is 0 Å². The van der Waals surface area contributed by atoms with Gasteiger partial charge in [-0.2, -0.15) is 0 Å². The van der Waals surface area contributed by atoms with Crippen LogP contribution in [0.2, 0.25) is 0 Å². The fraction of sp³-hybridized carbons (Fsp3) is 0.556. The minimum atomic E-state index is -0.0955. The van der Waals surface area contributed by atoms with E-state index in [1.807, 2.05) is 29.2 Å². The van der Waals surface area contributed by atoms with Gasteiger partial charge in [0, 0.05) is 32.1 Å². The third-order valence-corrected chi connectivity index (χ3v) is 5.62. The van der Waals surface area contributed by atoms with Gasteiger partial charge in [-0.3, -0.25) is 9.59 Å². The molecule has 1 saturated carbocycles. The molecule has 25 heavy (non-hydrogen) atoms. The zero-order valence-electron chi connectivity index (χ0n) is 14.1. The predicted molar refractivity (Wildman–Crippen MR) is 96.9 cm³/mol. The number of nitrogens with zero attached hydrogens (tertiary/aromatic N) is 2. The van der Waals surface area contributed by atoms with Crippen molar-refractivity contribution in [3.63, 3.8) is 0 Å². The second kappa shape index (κ2) is 7.22. The number of ether oxygens (including phenoxy) is 1. The Morgan fingerprint density at radius 2 is 2.04 bits per heavy atom. The molecule has 0 radical (unpaired) electrons. The van der Waals surface area contributed by atoms with E-state index >= 15 is 0 Å². The van der Waals surface area contributed by atoms with Crippen molar-refractivity contribution < 1.29 is 14.3 Å². The summed E-state index contributed by atoms with van der Waals surface area (Å²) in [7, 11) is 0. The summed E-state index contributed by atoms with van der Waals surface area (Å²) in [6.07, 6.45) is 2.55. The number of carbonyl (C=O) groups excluding carboxylic acids is 2. The summed E-state index contributed by atoms with van der Waals surface area (Å²) in [5.74, 6) is 1.75. The van der Waals surface area contributed by atoms with Crippen LogP contribution in [0.25, 0.3) is 0 Å². The summed E-state index contributed by atoms with van der Waals surface area (Å²) in [4.78, 5) is 28.3. The van der Waals surface area contributed by atoms with E-state index in [9.17, 15) is 9.59 Å². The van der Waals surface area contributed by atoms with Gasteiger partial charge < -0.3 is 20.3 Å². The summed E-state index contributed by atoms with van der Waals surface area (Å²) in [6, 6.07) is 7.69. The van der Waals surface area contributed by atoms with Crippen LogP contribution in [-0.4, -0.2) is 49.0 Å². The number of amides is 2. The standard InChI is InChI=1S/C18H23N3O3.ClH/c19-14-6-5-12-9-20(10-13(12)14)17(22)7-8-21-15-3-1-2-4-16(15)24-11-18(21)23;/h1-4,12-14H,5-11,19H2;1H. The normalized spacial score (nSPS) is 27.4. The number of anilines is 1. The van der Waals surface area contributed by atoms with Crippen molar-refractivity contribution in [2.24, 2.45) is 17.6 Å². The molecule has 1 aliphatic carbocycles. The van der Waals surface area contributed by atoms with Gasteiger partial charge >= 0.3 is 0 Å². The maximum absolute atomic E-state index is 12.6. The minimum absolute atomic E-state index is 0. The average Bonchev–Trinajstić information content (AvgIpc) is 3.16. The number of hydrogen-bond acceptors (Lipinski definition) is 4. The monoisotopic (exact) mass is 365 g/mol. The molecule has 136 valence electrons. The largest absolute Gasteiger partial charge is 0.482 e. The molecule has 0 bridgehead atoms. The lowest BCUT2D eigenvalue weighted by atomic mass is 9.98. The predicted octanol–water partition coefficient (Wildman–Crippen LogP) is 1.42. The highest BCUT2D eigenvalue weighted by Gasteiger charge is 2.42. The molecule has 3 aliphatic rings. The fourth-order valence-electron chi connectivity index (χ4n) is 4.28. The van der Waals surface area contributed by atoms with Gasteiger partial charge in [0.15, 0.2) is 6.61 Å². The van der Waals surface area contributed by atoms with E-state index in [1.165, 1.54) is 0 Å². The van der Waals surface area contributed by atoms with Crippen molar-refractivity contribution in [2.75, 3.05) is 31.1 Å². The van der Waals surface area contributed by atoms with Crippen LogP contribution >= 0.6 is 12.4 Å². The summed E-state index contributed by atoms with van der Waals surface area (Å²) < 4.78 is 5.43. The molecule has 6 nitrogen and oxygen atoms in total. The Balaban J connectivity index is 0.00000182. The van der Waals surface area contributed by atoms with Crippen LogP contribution in [0.3, 0.4) is 0 Å². The lowest BCUT2D eigenvalue weighted by Gasteiger charge is -2.29. The SMILES string of the molecule is Cl.NC1CCC2CN(C(=O)CCN3C(=O)COc4ccccc43)CC12. The number of halogens is 1. The van der Waals surface area contributed by atoms with Crippen LogP contribution < -0.4 is 15.4 Å². The van der Waals surface area contributed by atoms with Crippen LogP contribution in [0.5, 0.6) is 5.75 Å². The number of rotatable bonds is 3. The Hall–Kier alpha value is -1.79. The highest BCUT2D eigenvalue weighted by Crippen LogP contribution is 2.37. The molecule has 2 aliphatic heterocycles. The minimum Gasteiger partial charge on any atom is -0.482 e. The smallest absolute Gasteiger partial charge is 0.265 e. The van der Waals surface area contributed by atoms with Gasteiger partial charge in [-0.15, -0.1) is 12.4 Å². The highest BCUT2D eigenvalue weighted by molar-refractivity contribution is 5.98. The van der Waals surface area contributed by atoms with E-state index in [0.29, 0.717) is 30.6 Å². The quantitative estimate of drug-likeness (QED) is 0.879. The zero-order valence-corrected chi connectivity index (χ0v) is 14.9. The van der Waals surface area contributed by atoms with Crippen molar-refractivity contribution >= 4 is 29.9 Å². The van der Waals surface area contributed by atoms with Gasteiger partial charge in [0.2, 0.25) is 5.91 Å². The van der Waals surface area contributed by atoms with Crippen LogP contribution in [-0.2, 0) is 9.59 Å². The average molecular weight is 366 g/mol. The van der Waals surface area contributed by atoms with Crippen molar-refractivity contribution in [3.8, 4) is 5.75 Å². The third kappa shape index (κ3) is 3.33. The molecule has 3 atom stereocenters. The maximum Gasteiger partial charge on any atom is 0.265 e. The van der Waals surface area contributed by atoms with Crippen LogP contribution in [0, 0.1) is 11.8 Å². The van der Waals surface area contributed by atoms with Gasteiger partial charge in [-0.25, -0.2) is 0 Å². The highest BCUT2D eigenvalue weighted by atomic mass is 35.5. The molecule has 2 heterocycles. The first-order chi connectivity index (χ1) is 11.6. The van der Waals surface area contributed by atoms with Crippen LogP contribution in [0.4, 0.5) is 5.69 Å². The van der Waals surface area contributed by atoms with Crippen LogP contribution in [0.1, 0.15) is 19.3 Å². The van der Waals surface area contributed by atoms with E-state index in [0.717, 1.165) is 31.6 Å². The third-order valence-electron chi connectivity index (χ3n) is 5.62. The Morgan fingerprint density at radius 1 is 1.24 bits per heavy atom. The molecule has 2 N–H and O–H groups in total. The second-order valence-electron chi connectivity index (χ2n) is 7.02. The number of para-hydroxylation sites is 2. The number of hydrogen-bond donors (Lipinski definition) is 1. The molecule has 1 aromatic carbocycles. The number of benzene rings is 1. The molecule has 2 amide bonds. The van der Waals surface area contributed by atoms with Crippen molar-refractivity contribution in [2.45, 2.75) is 25.3 Å². The van der Waals surface area contributed by atoms with Gasteiger partial charge in [0.25, 0.3) is 5.91 Å². The van der Waals surface area contributed by atoms with Gasteiger partial charge in [0.1, 0.15) is 5.75 Å². The number of likely N-dealkylation sites (tertiary alicyclic amines) is 1. The Labute approximate surface area is 153 Å². The summed E-state index contributed by atoms with van der Waals surface area (Å²) in [5, 5.41) is 0. The van der Waals surface area contributed by atoms with Crippen molar-refractivity contribution in [3.05, 3.63) is 24.3 Å². The number of nitrogens with two attached hydrogens (primary N) is 1. The first kappa shape index (κ1) is 18.0. The van der Waals surface area contributed by atoms with Crippen molar-refractivity contribution in [1.29, 1.82) is 0 Å².